The summed E-state index contributed by atoms with van der Waals surface area (Å²) in [6, 6.07) is 13.2. The smallest absolute Gasteiger partial charge is 0.259 e. The fourth-order valence-corrected chi connectivity index (χ4v) is 2.65. The van der Waals surface area contributed by atoms with Gasteiger partial charge in [-0.15, -0.1) is 0 Å². The van der Waals surface area contributed by atoms with Gasteiger partial charge < -0.3 is 10.6 Å². The van der Waals surface area contributed by atoms with Gasteiger partial charge in [-0.1, -0.05) is 30.7 Å². The predicted octanol–water partition coefficient (Wildman–Crippen LogP) is 4.40. The number of amides is 1. The van der Waals surface area contributed by atoms with Crippen molar-refractivity contribution in [1.29, 1.82) is 0 Å². The Kier molecular flexibility index (Phi) is 5.02. The lowest BCUT2D eigenvalue weighted by Gasteiger charge is -2.24. The molecule has 0 aliphatic heterocycles. The average Bonchev–Trinajstić information content (AvgIpc) is 2.47. The van der Waals surface area contributed by atoms with Crippen molar-refractivity contribution >= 4 is 33.2 Å². The molecular formula is C17H19BrN2O. The maximum absolute atomic E-state index is 12.9. The molecule has 0 aliphatic rings. The van der Waals surface area contributed by atoms with Crippen LogP contribution in [0.15, 0.2) is 46.9 Å². The van der Waals surface area contributed by atoms with Gasteiger partial charge in [-0.2, -0.15) is 0 Å². The quantitative estimate of drug-likeness (QED) is 0.834. The minimum Gasteiger partial charge on any atom is -0.397 e. The third kappa shape index (κ3) is 3.45. The van der Waals surface area contributed by atoms with E-state index in [1.165, 1.54) is 0 Å². The van der Waals surface area contributed by atoms with E-state index in [0.29, 0.717) is 17.8 Å². The van der Waals surface area contributed by atoms with Crippen molar-refractivity contribution in [3.05, 3.63) is 58.1 Å². The number of carbonyl (C=O) groups excluding carboxylic acids is 1. The van der Waals surface area contributed by atoms with Crippen LogP contribution in [-0.4, -0.2) is 12.5 Å². The SMILES string of the molecule is CCCN(C(=O)c1cc(C)ccc1Br)c1ccccc1N. The summed E-state index contributed by atoms with van der Waals surface area (Å²) in [5, 5.41) is 0. The van der Waals surface area contributed by atoms with Crippen molar-refractivity contribution in [1.82, 2.24) is 0 Å². The van der Waals surface area contributed by atoms with Gasteiger partial charge in [0.05, 0.1) is 16.9 Å². The maximum atomic E-state index is 12.9. The number of nitrogens with zero attached hydrogens (tertiary/aromatic N) is 1. The van der Waals surface area contributed by atoms with Crippen molar-refractivity contribution in [2.45, 2.75) is 20.3 Å². The van der Waals surface area contributed by atoms with E-state index in [2.05, 4.69) is 15.9 Å². The zero-order chi connectivity index (χ0) is 15.4. The van der Waals surface area contributed by atoms with E-state index in [9.17, 15) is 4.79 Å². The number of hydrogen-bond donors (Lipinski definition) is 1. The second-order valence-corrected chi connectivity index (χ2v) is 5.85. The zero-order valence-electron chi connectivity index (χ0n) is 12.3. The first-order valence-corrected chi connectivity index (χ1v) is 7.76. The van der Waals surface area contributed by atoms with E-state index in [0.717, 1.165) is 22.1 Å². The number of anilines is 2. The van der Waals surface area contributed by atoms with Crippen LogP contribution in [0.25, 0.3) is 0 Å². The van der Waals surface area contributed by atoms with Crippen molar-refractivity contribution in [3.63, 3.8) is 0 Å². The largest absolute Gasteiger partial charge is 0.397 e. The third-order valence-corrected chi connectivity index (χ3v) is 3.96. The first kappa shape index (κ1) is 15.6. The Labute approximate surface area is 133 Å². The second kappa shape index (κ2) is 6.76. The average molecular weight is 347 g/mol. The van der Waals surface area contributed by atoms with Gasteiger partial charge in [-0.3, -0.25) is 4.79 Å². The molecule has 0 spiro atoms. The van der Waals surface area contributed by atoms with Crippen LogP contribution in [0.2, 0.25) is 0 Å². The summed E-state index contributed by atoms with van der Waals surface area (Å²) in [6.45, 7) is 4.66. The molecule has 0 fully saturated rings. The van der Waals surface area contributed by atoms with Crippen LogP contribution >= 0.6 is 15.9 Å². The minimum absolute atomic E-state index is 0.0367. The Morgan fingerprint density at radius 1 is 1.24 bits per heavy atom. The van der Waals surface area contributed by atoms with E-state index in [4.69, 9.17) is 5.73 Å². The molecule has 0 unspecified atom stereocenters. The van der Waals surface area contributed by atoms with Gasteiger partial charge in [-0.05, 0) is 53.5 Å². The van der Waals surface area contributed by atoms with Crippen LogP contribution in [0.4, 0.5) is 11.4 Å². The lowest BCUT2D eigenvalue weighted by atomic mass is 10.1. The van der Waals surface area contributed by atoms with Crippen LogP contribution in [0, 0.1) is 6.92 Å². The third-order valence-electron chi connectivity index (χ3n) is 3.27. The number of carbonyl (C=O) groups is 1. The van der Waals surface area contributed by atoms with Gasteiger partial charge in [-0.25, -0.2) is 0 Å². The number of benzene rings is 2. The molecule has 1 amide bonds. The Balaban J connectivity index is 2.45. The van der Waals surface area contributed by atoms with Gasteiger partial charge in [0.1, 0.15) is 0 Å². The molecule has 21 heavy (non-hydrogen) atoms. The summed E-state index contributed by atoms with van der Waals surface area (Å²) >= 11 is 3.46. The summed E-state index contributed by atoms with van der Waals surface area (Å²) < 4.78 is 0.800. The highest BCUT2D eigenvalue weighted by molar-refractivity contribution is 9.10. The van der Waals surface area contributed by atoms with Gasteiger partial charge in [0.25, 0.3) is 5.91 Å². The van der Waals surface area contributed by atoms with E-state index in [1.807, 2.05) is 56.3 Å². The molecule has 0 saturated carbocycles. The van der Waals surface area contributed by atoms with Crippen LogP contribution in [0.5, 0.6) is 0 Å². The van der Waals surface area contributed by atoms with Crippen molar-refractivity contribution in [3.8, 4) is 0 Å². The fourth-order valence-electron chi connectivity index (χ4n) is 2.24. The van der Waals surface area contributed by atoms with Gasteiger partial charge >= 0.3 is 0 Å². The number of para-hydroxylation sites is 2. The molecule has 3 nitrogen and oxygen atoms in total. The predicted molar refractivity (Wildman–Crippen MR) is 91.7 cm³/mol. The van der Waals surface area contributed by atoms with Crippen LogP contribution in [0.1, 0.15) is 29.3 Å². The van der Waals surface area contributed by atoms with Crippen molar-refractivity contribution < 1.29 is 4.79 Å². The normalized spacial score (nSPS) is 10.4. The molecule has 2 aromatic rings. The molecule has 0 heterocycles. The van der Waals surface area contributed by atoms with E-state index in [-0.39, 0.29) is 5.91 Å². The number of hydrogen-bond acceptors (Lipinski definition) is 2. The number of nitrogen functional groups attached to an aromatic ring is 1. The molecule has 0 atom stereocenters. The van der Waals surface area contributed by atoms with Crippen LogP contribution in [0.3, 0.4) is 0 Å². The Morgan fingerprint density at radius 2 is 1.95 bits per heavy atom. The maximum Gasteiger partial charge on any atom is 0.259 e. The first-order chi connectivity index (χ1) is 10.0. The van der Waals surface area contributed by atoms with E-state index >= 15 is 0 Å². The topological polar surface area (TPSA) is 46.3 Å². The Bertz CT molecular complexity index is 655. The molecule has 0 radical (unpaired) electrons. The number of nitrogens with two attached hydrogens (primary N) is 1. The first-order valence-electron chi connectivity index (χ1n) is 6.97. The van der Waals surface area contributed by atoms with Crippen molar-refractivity contribution in [2.24, 2.45) is 0 Å². The minimum atomic E-state index is -0.0367. The Hall–Kier alpha value is -1.81. The summed E-state index contributed by atoms with van der Waals surface area (Å²) in [4.78, 5) is 14.6. The molecule has 0 aliphatic carbocycles. The standard InChI is InChI=1S/C17H19BrN2O/c1-3-10-20(16-7-5-4-6-15(16)19)17(21)13-11-12(2)8-9-14(13)18/h4-9,11H,3,10,19H2,1-2H3. The molecule has 110 valence electrons. The van der Waals surface area contributed by atoms with E-state index < -0.39 is 0 Å². The highest BCUT2D eigenvalue weighted by Gasteiger charge is 2.20. The molecular weight excluding hydrogens is 328 g/mol. The molecule has 2 rings (SSSR count). The molecule has 2 aromatic carbocycles. The monoisotopic (exact) mass is 346 g/mol. The summed E-state index contributed by atoms with van der Waals surface area (Å²) in [7, 11) is 0. The highest BCUT2D eigenvalue weighted by atomic mass is 79.9. The molecule has 0 aromatic heterocycles. The van der Waals surface area contributed by atoms with Gasteiger partial charge in [0.2, 0.25) is 0 Å². The van der Waals surface area contributed by atoms with Crippen LogP contribution in [-0.2, 0) is 0 Å². The summed E-state index contributed by atoms with van der Waals surface area (Å²) in [6.07, 6.45) is 0.865. The molecule has 0 bridgehead atoms. The Morgan fingerprint density at radius 3 is 2.62 bits per heavy atom. The molecule has 0 saturated heterocycles. The van der Waals surface area contributed by atoms with Crippen LogP contribution < -0.4 is 10.6 Å². The fraction of sp³-hybridized carbons (Fsp3) is 0.235. The summed E-state index contributed by atoms with van der Waals surface area (Å²) in [5.41, 5.74) is 9.12. The number of rotatable bonds is 4. The molecule has 4 heteroatoms. The lowest BCUT2D eigenvalue weighted by Crippen LogP contribution is -2.32. The zero-order valence-corrected chi connectivity index (χ0v) is 13.9. The number of halogens is 1. The highest BCUT2D eigenvalue weighted by Crippen LogP contribution is 2.27. The van der Waals surface area contributed by atoms with Gasteiger partial charge in [0, 0.05) is 11.0 Å². The molecule has 2 N–H and O–H groups in total. The van der Waals surface area contributed by atoms with E-state index in [1.54, 1.807) is 4.90 Å². The second-order valence-electron chi connectivity index (χ2n) is 5.00. The lowest BCUT2D eigenvalue weighted by molar-refractivity contribution is 0.0986. The summed E-state index contributed by atoms with van der Waals surface area (Å²) in [5.74, 6) is -0.0367. The van der Waals surface area contributed by atoms with Gasteiger partial charge in [0.15, 0.2) is 0 Å². The van der Waals surface area contributed by atoms with Crippen molar-refractivity contribution in [2.75, 3.05) is 17.2 Å². The number of aryl methyl sites for hydroxylation is 1.